The Bertz CT molecular complexity index is 3120. The van der Waals surface area contributed by atoms with Gasteiger partial charge in [-0.2, -0.15) is 38.8 Å². The predicted octanol–water partition coefficient (Wildman–Crippen LogP) is 3.85. The number of nitrogens with zero attached hydrogens (tertiary/aromatic N) is 4. The van der Waals surface area contributed by atoms with Gasteiger partial charge in [0.2, 0.25) is 0 Å². The van der Waals surface area contributed by atoms with E-state index in [1.54, 1.807) is 0 Å². The summed E-state index contributed by atoms with van der Waals surface area (Å²) in [6.45, 7) is -0.989. The first-order valence-electron chi connectivity index (χ1n) is 14.5. The predicted molar refractivity (Wildman–Crippen MR) is 191 cm³/mol. The molecule has 5 aromatic carbocycles. The van der Waals surface area contributed by atoms with Crippen molar-refractivity contribution >= 4 is 101 Å². The van der Waals surface area contributed by atoms with Gasteiger partial charge < -0.3 is 21.1 Å². The number of azo groups is 2. The Morgan fingerprint density at radius 2 is 1.21 bits per heavy atom. The summed E-state index contributed by atoms with van der Waals surface area (Å²) in [7, 11) is -24.8. The van der Waals surface area contributed by atoms with Crippen molar-refractivity contribution in [3.05, 3.63) is 60.7 Å². The number of hydrogen-bond acceptors (Lipinski definition) is 19. The van der Waals surface area contributed by atoms with Crippen LogP contribution in [0.4, 0.5) is 28.4 Å². The number of phenols is 3. The molecule has 309 valence electrons. The number of nitrogen functional groups attached to an aromatic ring is 1. The number of aromatic hydroxyl groups is 3. The molecule has 5 rings (SSSR count). The maximum absolute atomic E-state index is 12.6. The van der Waals surface area contributed by atoms with E-state index in [1.807, 2.05) is 0 Å². The number of benzene rings is 5. The van der Waals surface area contributed by atoms with Crippen LogP contribution < -0.4 is 5.73 Å². The molecule has 23 nitrogen and oxygen atoms in total. The van der Waals surface area contributed by atoms with E-state index in [0.717, 1.165) is 42.5 Å². The number of sulfone groups is 1. The van der Waals surface area contributed by atoms with Gasteiger partial charge in [-0.1, -0.05) is 12.1 Å². The maximum Gasteiger partial charge on any atom is 0.397 e. The molecule has 29 heteroatoms. The van der Waals surface area contributed by atoms with Crippen LogP contribution in [-0.4, -0.2) is 88.0 Å². The summed E-state index contributed by atoms with van der Waals surface area (Å²) < 4.78 is 161. The average molecular weight is 941 g/mol. The monoisotopic (exact) mass is 940 g/mol. The van der Waals surface area contributed by atoms with Crippen molar-refractivity contribution in [3.8, 4) is 17.2 Å². The Morgan fingerprint density at radius 3 is 1.81 bits per heavy atom. The topological polar surface area (TPSA) is 397 Å². The minimum atomic E-state index is -5.19. The molecule has 0 heterocycles. The summed E-state index contributed by atoms with van der Waals surface area (Å²) in [5.41, 5.74) is 2.88. The van der Waals surface area contributed by atoms with E-state index in [9.17, 15) is 71.1 Å². The molecule has 0 spiro atoms. The van der Waals surface area contributed by atoms with Crippen molar-refractivity contribution in [3.63, 3.8) is 0 Å². The number of phenolic OH excluding ortho intramolecular Hbond substituents is 3. The summed E-state index contributed by atoms with van der Waals surface area (Å²) in [4.78, 5) is -3.76. The first kappa shape index (κ1) is 44.8. The van der Waals surface area contributed by atoms with Crippen LogP contribution in [-0.2, 0) is 71.8 Å². The van der Waals surface area contributed by atoms with Gasteiger partial charge in [-0.05, 0) is 53.9 Å². The molecule has 0 fully saturated rings. The molecule has 0 aromatic heterocycles. The van der Waals surface area contributed by atoms with E-state index in [1.165, 1.54) is 12.1 Å². The van der Waals surface area contributed by atoms with Crippen LogP contribution in [0, 0.1) is 0 Å². The van der Waals surface area contributed by atoms with E-state index < -0.39 is 133 Å². The number of anilines is 1. The molecule has 0 aliphatic carbocycles. The summed E-state index contributed by atoms with van der Waals surface area (Å²) in [6.07, 6.45) is 0. The molecule has 0 aliphatic rings. The first-order chi connectivity index (χ1) is 25.7. The van der Waals surface area contributed by atoms with Crippen LogP contribution in [0.5, 0.6) is 17.2 Å². The molecule has 0 saturated heterocycles. The molecule has 57 heavy (non-hydrogen) atoms. The molecule has 0 unspecified atom stereocenters. The third kappa shape index (κ3) is 9.80. The van der Waals surface area contributed by atoms with Crippen LogP contribution in [0.1, 0.15) is 0 Å². The third-order valence-electron chi connectivity index (χ3n) is 7.51. The van der Waals surface area contributed by atoms with Crippen LogP contribution >= 0.6 is 0 Å². The van der Waals surface area contributed by atoms with Crippen molar-refractivity contribution in [2.24, 2.45) is 20.5 Å². The van der Waals surface area contributed by atoms with Crippen molar-refractivity contribution in [1.29, 1.82) is 0 Å². The molecule has 0 amide bonds. The summed E-state index contributed by atoms with van der Waals surface area (Å²) in [6, 6.07) is 9.20. The van der Waals surface area contributed by atoms with Gasteiger partial charge in [0.25, 0.3) is 30.4 Å². The summed E-state index contributed by atoms with van der Waals surface area (Å²) >= 11 is 0. The molecule has 1 radical (unpaired) electrons. The Hall–Kier alpha value is -4.91. The van der Waals surface area contributed by atoms with E-state index in [4.69, 9.17) is 10.3 Å². The Kier molecular flexibility index (Phi) is 12.4. The molecule has 5 aromatic rings. The molecule has 9 N–H and O–H groups in total. The van der Waals surface area contributed by atoms with Crippen LogP contribution in [0.15, 0.2) is 101 Å². The summed E-state index contributed by atoms with van der Waals surface area (Å²) in [5, 5.41) is 45.9. The van der Waals surface area contributed by atoms with Gasteiger partial charge in [0, 0.05) is 27.8 Å². The maximum atomic E-state index is 12.6. The molecule has 0 aliphatic heterocycles. The van der Waals surface area contributed by atoms with Gasteiger partial charge in [-0.3, -0.25) is 18.2 Å². The van der Waals surface area contributed by atoms with E-state index in [2.05, 4.69) is 24.6 Å². The van der Waals surface area contributed by atoms with Gasteiger partial charge in [-0.15, -0.1) is 15.3 Å². The largest absolute Gasteiger partial charge is 0.506 e. The fourth-order valence-electron chi connectivity index (χ4n) is 5.01. The standard InChI is InChI=1S/C28H23N5O18S5.Cu/c29-25-22(54(42,43)44)12-21(53(39,40)41)16-4-5-18(28(36)24(16)25)31-30-14-2-1-13-9-23(55(45,46)47)26(27(35)17(13)10-14)33-32-19-11-15(3-6-20(19)34)52(37,38)8-7-51-56(48,49)50;/h1-6,9-12,34-36H,7-8,29H2,(H,39,40,41)(H,42,43,44)(H,45,46,47)(H,48,49,50);. The van der Waals surface area contributed by atoms with Crippen molar-refractivity contribution in [2.45, 2.75) is 19.6 Å². The number of fused-ring (bicyclic) bond motifs is 2. The van der Waals surface area contributed by atoms with Crippen molar-refractivity contribution in [1.82, 2.24) is 0 Å². The van der Waals surface area contributed by atoms with Crippen molar-refractivity contribution in [2.75, 3.05) is 18.1 Å². The number of rotatable bonds is 12. The quantitative estimate of drug-likeness (QED) is 0.0381. The summed E-state index contributed by atoms with van der Waals surface area (Å²) in [5.74, 6) is -3.58. The van der Waals surface area contributed by atoms with Gasteiger partial charge in [0.1, 0.15) is 37.5 Å². The first-order valence-corrected chi connectivity index (χ1v) is 21.8. The van der Waals surface area contributed by atoms with Crippen LogP contribution in [0.2, 0.25) is 0 Å². The Morgan fingerprint density at radius 1 is 0.596 bits per heavy atom. The van der Waals surface area contributed by atoms with Gasteiger partial charge >= 0.3 is 10.4 Å². The Balaban J connectivity index is 0.00000720. The molecule has 0 atom stereocenters. The minimum absolute atomic E-state index is 0. The molecule has 0 saturated carbocycles. The smallest absolute Gasteiger partial charge is 0.397 e. The number of nitrogens with two attached hydrogens (primary N) is 1. The zero-order chi connectivity index (χ0) is 41.8. The fraction of sp³-hybridized carbons (Fsp3) is 0.0714. The second-order valence-corrected chi connectivity index (χ2v) is 18.5. The van der Waals surface area contributed by atoms with Crippen LogP contribution in [0.3, 0.4) is 0 Å². The van der Waals surface area contributed by atoms with E-state index in [0.29, 0.717) is 6.07 Å². The fourth-order valence-corrected chi connectivity index (χ4v) is 8.61. The zero-order valence-corrected chi connectivity index (χ0v) is 32.5. The molecular weight excluding hydrogens is 918 g/mol. The zero-order valence-electron chi connectivity index (χ0n) is 27.5. The van der Waals surface area contributed by atoms with Crippen molar-refractivity contribution < 1.29 is 96.9 Å². The third-order valence-corrected chi connectivity index (χ3v) is 12.3. The average Bonchev–Trinajstić information content (AvgIpc) is 3.06. The minimum Gasteiger partial charge on any atom is -0.506 e. The molecular formula is C28H23CuN5O18S5. The second kappa shape index (κ2) is 15.8. The van der Waals surface area contributed by atoms with Gasteiger partial charge in [0.05, 0.1) is 34.0 Å². The second-order valence-electron chi connectivity index (χ2n) is 11.2. The normalized spacial score (nSPS) is 13.1. The molecule has 0 bridgehead atoms. The van der Waals surface area contributed by atoms with Gasteiger partial charge in [0.15, 0.2) is 21.3 Å². The Labute approximate surface area is 331 Å². The van der Waals surface area contributed by atoms with Crippen LogP contribution in [0.25, 0.3) is 21.5 Å². The van der Waals surface area contributed by atoms with E-state index >= 15 is 0 Å². The SMILES string of the molecule is Nc1c(S(=O)(=O)O)cc(S(=O)(=O)O)c2ccc(N=Nc3ccc4cc(S(=O)(=O)O)c(N=Nc5cc(S(=O)(=O)CCOS(=O)(=O)O)ccc5O)c(O)c4c3)c(O)c12.[Cu]. The van der Waals surface area contributed by atoms with Gasteiger partial charge in [-0.25, -0.2) is 12.6 Å². The van der Waals surface area contributed by atoms with E-state index in [-0.39, 0.29) is 33.5 Å². The number of hydrogen-bond donors (Lipinski definition) is 8.